The Hall–Kier alpha value is -1.96. The summed E-state index contributed by atoms with van der Waals surface area (Å²) in [4.78, 5) is 17.4. The lowest BCUT2D eigenvalue weighted by molar-refractivity contribution is -0.130. The van der Waals surface area contributed by atoms with Gasteiger partial charge in [-0.15, -0.1) is 10.2 Å². The molecule has 2 aromatic heterocycles. The molecule has 1 atom stereocenters. The molecule has 0 saturated carbocycles. The second-order valence-corrected chi connectivity index (χ2v) is 9.93. The highest BCUT2D eigenvalue weighted by molar-refractivity contribution is 8.00. The Balaban J connectivity index is 1.52. The van der Waals surface area contributed by atoms with Crippen LogP contribution in [0.2, 0.25) is 0 Å². The van der Waals surface area contributed by atoms with Crippen molar-refractivity contribution < 1.29 is 9.21 Å². The van der Waals surface area contributed by atoms with Crippen molar-refractivity contribution in [1.82, 2.24) is 19.7 Å². The number of hydrogen-bond acceptors (Lipinski definition) is 6. The molecule has 8 heteroatoms. The van der Waals surface area contributed by atoms with E-state index < -0.39 is 0 Å². The summed E-state index contributed by atoms with van der Waals surface area (Å²) in [5.41, 5.74) is 0. The first-order valence-electron chi connectivity index (χ1n) is 11.3. The third-order valence-electron chi connectivity index (χ3n) is 6.21. The van der Waals surface area contributed by atoms with Crippen LogP contribution in [0.15, 0.2) is 28.0 Å². The molecule has 2 aliphatic heterocycles. The molecule has 0 N–H and O–H groups in total. The first-order chi connectivity index (χ1) is 14.6. The van der Waals surface area contributed by atoms with Gasteiger partial charge in [-0.05, 0) is 50.7 Å². The van der Waals surface area contributed by atoms with E-state index in [2.05, 4.69) is 26.6 Å². The molecule has 7 nitrogen and oxygen atoms in total. The predicted molar refractivity (Wildman–Crippen MR) is 119 cm³/mol. The summed E-state index contributed by atoms with van der Waals surface area (Å²) in [5, 5.41) is 9.64. The Morgan fingerprint density at radius 2 is 1.90 bits per heavy atom. The monoisotopic (exact) mass is 431 g/mol. The van der Waals surface area contributed by atoms with E-state index in [1.165, 1.54) is 37.4 Å². The van der Waals surface area contributed by atoms with Gasteiger partial charge in [-0.25, -0.2) is 0 Å². The smallest absolute Gasteiger partial charge is 0.235 e. The standard InChI is InChI=1S/C22H33N5O2S/c1-17-9-13-26(14-10-17)21-23-24-22(27(21)16-19-8-7-15-29-19)30-18(2)20(28)25-11-5-3-4-6-12-25/h7-8,15,17-18H,3-6,9-14,16H2,1-2H3. The second kappa shape index (κ2) is 9.90. The van der Waals surface area contributed by atoms with E-state index in [-0.39, 0.29) is 11.2 Å². The summed E-state index contributed by atoms with van der Waals surface area (Å²) >= 11 is 1.52. The Morgan fingerprint density at radius 3 is 2.57 bits per heavy atom. The number of likely N-dealkylation sites (tertiary alicyclic amines) is 1. The van der Waals surface area contributed by atoms with Crippen molar-refractivity contribution in [3.63, 3.8) is 0 Å². The van der Waals surface area contributed by atoms with Crippen LogP contribution >= 0.6 is 11.8 Å². The third kappa shape index (κ3) is 5.02. The minimum atomic E-state index is -0.183. The van der Waals surface area contributed by atoms with Crippen molar-refractivity contribution in [2.75, 3.05) is 31.1 Å². The highest BCUT2D eigenvalue weighted by atomic mass is 32.2. The normalized spacial score (nSPS) is 19.7. The summed E-state index contributed by atoms with van der Waals surface area (Å²) in [5.74, 6) is 2.72. The van der Waals surface area contributed by atoms with Gasteiger partial charge < -0.3 is 14.2 Å². The quantitative estimate of drug-likeness (QED) is 0.643. The Bertz CT molecular complexity index is 806. The second-order valence-electron chi connectivity index (χ2n) is 8.62. The fourth-order valence-electron chi connectivity index (χ4n) is 4.26. The predicted octanol–water partition coefficient (Wildman–Crippen LogP) is 4.04. The molecule has 1 amide bonds. The van der Waals surface area contributed by atoms with E-state index in [0.29, 0.717) is 6.54 Å². The van der Waals surface area contributed by atoms with Gasteiger partial charge in [-0.1, -0.05) is 31.5 Å². The highest BCUT2D eigenvalue weighted by Gasteiger charge is 2.27. The third-order valence-corrected chi connectivity index (χ3v) is 7.27. The minimum Gasteiger partial charge on any atom is -0.467 e. The maximum absolute atomic E-state index is 13.0. The molecule has 2 fully saturated rings. The van der Waals surface area contributed by atoms with Crippen molar-refractivity contribution in [2.45, 2.75) is 69.3 Å². The van der Waals surface area contributed by atoms with E-state index in [0.717, 1.165) is 61.8 Å². The molecule has 2 aromatic rings. The lowest BCUT2D eigenvalue weighted by Gasteiger charge is -2.31. The SMILES string of the molecule is CC1CCN(c2nnc(SC(C)C(=O)N3CCCCCC3)n2Cc2ccco2)CC1. The fourth-order valence-corrected chi connectivity index (χ4v) is 5.19. The van der Waals surface area contributed by atoms with E-state index in [9.17, 15) is 4.79 Å². The first kappa shape index (κ1) is 21.3. The number of hydrogen-bond donors (Lipinski definition) is 0. The topological polar surface area (TPSA) is 67.4 Å². The fraction of sp³-hybridized carbons (Fsp3) is 0.682. The van der Waals surface area contributed by atoms with Gasteiger partial charge in [0.25, 0.3) is 0 Å². The zero-order valence-electron chi connectivity index (χ0n) is 18.1. The number of anilines is 1. The van der Waals surface area contributed by atoms with Crippen LogP contribution in [0.5, 0.6) is 0 Å². The van der Waals surface area contributed by atoms with Crippen molar-refractivity contribution in [3.05, 3.63) is 24.2 Å². The van der Waals surface area contributed by atoms with Gasteiger partial charge in [0.2, 0.25) is 11.9 Å². The zero-order valence-corrected chi connectivity index (χ0v) is 18.9. The molecular weight excluding hydrogens is 398 g/mol. The average molecular weight is 432 g/mol. The molecule has 0 aromatic carbocycles. The molecule has 1 unspecified atom stereocenters. The summed E-state index contributed by atoms with van der Waals surface area (Å²) in [6.45, 7) is 8.61. The summed E-state index contributed by atoms with van der Waals surface area (Å²) < 4.78 is 7.72. The van der Waals surface area contributed by atoms with Gasteiger partial charge in [-0.2, -0.15) is 0 Å². The number of rotatable bonds is 6. The van der Waals surface area contributed by atoms with Gasteiger partial charge in [0.15, 0.2) is 5.16 Å². The molecule has 4 rings (SSSR count). The Kier molecular flexibility index (Phi) is 7.02. The van der Waals surface area contributed by atoms with Crippen molar-refractivity contribution in [2.24, 2.45) is 5.92 Å². The van der Waals surface area contributed by atoms with Crippen LogP contribution in [-0.2, 0) is 11.3 Å². The minimum absolute atomic E-state index is 0.183. The number of thioether (sulfide) groups is 1. The van der Waals surface area contributed by atoms with Crippen molar-refractivity contribution >= 4 is 23.6 Å². The van der Waals surface area contributed by atoms with Gasteiger partial charge >= 0.3 is 0 Å². The molecule has 0 bridgehead atoms. The molecule has 0 radical (unpaired) electrons. The molecule has 2 aliphatic rings. The van der Waals surface area contributed by atoms with E-state index in [1.807, 2.05) is 24.0 Å². The van der Waals surface area contributed by atoms with Crippen LogP contribution in [-0.4, -0.2) is 57.0 Å². The van der Waals surface area contributed by atoms with Crippen LogP contribution < -0.4 is 4.90 Å². The van der Waals surface area contributed by atoms with Crippen LogP contribution in [0.25, 0.3) is 0 Å². The Labute approximate surface area is 183 Å². The number of nitrogens with zero attached hydrogens (tertiary/aromatic N) is 5. The van der Waals surface area contributed by atoms with E-state index in [4.69, 9.17) is 4.42 Å². The van der Waals surface area contributed by atoms with Crippen LogP contribution in [0.4, 0.5) is 5.95 Å². The maximum Gasteiger partial charge on any atom is 0.235 e. The van der Waals surface area contributed by atoms with E-state index >= 15 is 0 Å². The molecule has 0 aliphatic carbocycles. The van der Waals surface area contributed by atoms with Crippen LogP contribution in [0, 0.1) is 5.92 Å². The lowest BCUT2D eigenvalue weighted by atomic mass is 10.00. The highest BCUT2D eigenvalue weighted by Crippen LogP contribution is 2.30. The molecule has 30 heavy (non-hydrogen) atoms. The molecule has 164 valence electrons. The number of piperidine rings is 1. The number of furan rings is 1. The zero-order chi connectivity index (χ0) is 20.9. The number of carbonyl (C=O) groups excluding carboxylic acids is 1. The van der Waals surface area contributed by atoms with Gasteiger partial charge in [0.05, 0.1) is 18.1 Å². The van der Waals surface area contributed by atoms with Crippen molar-refractivity contribution in [1.29, 1.82) is 0 Å². The molecule has 4 heterocycles. The van der Waals surface area contributed by atoms with E-state index in [1.54, 1.807) is 6.26 Å². The molecular formula is C22H33N5O2S. The maximum atomic E-state index is 13.0. The lowest BCUT2D eigenvalue weighted by Crippen LogP contribution is -2.37. The number of amides is 1. The largest absolute Gasteiger partial charge is 0.467 e. The van der Waals surface area contributed by atoms with Gasteiger partial charge in [-0.3, -0.25) is 9.36 Å². The van der Waals surface area contributed by atoms with Crippen LogP contribution in [0.1, 0.15) is 58.1 Å². The summed E-state index contributed by atoms with van der Waals surface area (Å²) in [6, 6.07) is 3.88. The van der Waals surface area contributed by atoms with Gasteiger partial charge in [0.1, 0.15) is 5.76 Å². The summed E-state index contributed by atoms with van der Waals surface area (Å²) in [7, 11) is 0. The summed E-state index contributed by atoms with van der Waals surface area (Å²) in [6.07, 6.45) is 8.69. The van der Waals surface area contributed by atoms with Crippen LogP contribution in [0.3, 0.4) is 0 Å². The molecule has 0 spiro atoms. The average Bonchev–Trinajstić information content (AvgIpc) is 3.31. The number of aromatic nitrogens is 3. The first-order valence-corrected chi connectivity index (χ1v) is 12.2. The number of carbonyl (C=O) groups is 1. The van der Waals surface area contributed by atoms with Crippen molar-refractivity contribution in [3.8, 4) is 0 Å². The molecule has 2 saturated heterocycles. The Morgan fingerprint density at radius 1 is 1.17 bits per heavy atom. The van der Waals surface area contributed by atoms with Gasteiger partial charge in [0, 0.05) is 26.2 Å².